The molecule has 2 N–H and O–H groups in total. The van der Waals surface area contributed by atoms with E-state index in [-0.39, 0.29) is 6.03 Å². The number of halogens is 2. The normalized spacial score (nSPS) is 10.6. The summed E-state index contributed by atoms with van der Waals surface area (Å²) in [6.45, 7) is 0.527. The topological polar surface area (TPSA) is 59.0 Å². The van der Waals surface area contributed by atoms with Crippen molar-refractivity contribution < 1.29 is 4.79 Å². The second-order valence-electron chi connectivity index (χ2n) is 5.86. The lowest BCUT2D eigenvalue weighted by Gasteiger charge is -2.09. The summed E-state index contributed by atoms with van der Waals surface area (Å²) >= 11 is 11.8. The van der Waals surface area contributed by atoms with E-state index in [0.717, 1.165) is 23.1 Å². The number of carbonyl (C=O) groups excluding carboxylic acids is 1. The Balaban J connectivity index is 1.48. The van der Waals surface area contributed by atoms with Gasteiger partial charge >= 0.3 is 6.03 Å². The second kappa shape index (κ2) is 8.25. The lowest BCUT2D eigenvalue weighted by Crippen LogP contribution is -2.30. The Labute approximate surface area is 161 Å². The van der Waals surface area contributed by atoms with Crippen molar-refractivity contribution >= 4 is 34.9 Å². The molecule has 5 nitrogen and oxygen atoms in total. The van der Waals surface area contributed by atoms with Crippen molar-refractivity contribution in [1.82, 2.24) is 15.1 Å². The highest BCUT2D eigenvalue weighted by molar-refractivity contribution is 6.42. The van der Waals surface area contributed by atoms with Crippen LogP contribution in [0.25, 0.3) is 11.1 Å². The molecule has 0 saturated heterocycles. The van der Waals surface area contributed by atoms with E-state index in [1.54, 1.807) is 22.9 Å². The number of nitrogens with one attached hydrogen (secondary N) is 2. The molecule has 0 spiro atoms. The van der Waals surface area contributed by atoms with Crippen LogP contribution in [0.1, 0.15) is 5.56 Å². The Bertz CT molecular complexity index is 906. The van der Waals surface area contributed by atoms with E-state index < -0.39 is 0 Å². The summed E-state index contributed by atoms with van der Waals surface area (Å²) in [6, 6.07) is 12.9. The van der Waals surface area contributed by atoms with Gasteiger partial charge < -0.3 is 10.6 Å². The van der Waals surface area contributed by atoms with Crippen LogP contribution in [0, 0.1) is 0 Å². The largest absolute Gasteiger partial charge is 0.338 e. The maximum absolute atomic E-state index is 11.9. The highest BCUT2D eigenvalue weighted by Crippen LogP contribution is 2.25. The molecule has 0 saturated carbocycles. The Morgan fingerprint density at radius 2 is 1.85 bits per heavy atom. The maximum Gasteiger partial charge on any atom is 0.319 e. The summed E-state index contributed by atoms with van der Waals surface area (Å²) in [6.07, 6.45) is 4.55. The molecule has 26 heavy (non-hydrogen) atoms. The number of aromatic nitrogens is 2. The molecule has 2 amide bonds. The first-order valence-electron chi connectivity index (χ1n) is 8.09. The number of anilines is 1. The van der Waals surface area contributed by atoms with Crippen LogP contribution in [0.2, 0.25) is 10.0 Å². The average Bonchev–Trinajstić information content (AvgIpc) is 3.05. The summed E-state index contributed by atoms with van der Waals surface area (Å²) in [5.41, 5.74) is 3.94. The minimum Gasteiger partial charge on any atom is -0.338 e. The van der Waals surface area contributed by atoms with Gasteiger partial charge in [-0.2, -0.15) is 5.10 Å². The Morgan fingerprint density at radius 3 is 2.50 bits per heavy atom. The highest BCUT2D eigenvalue weighted by Gasteiger charge is 2.05. The minimum absolute atomic E-state index is 0.282. The number of rotatable bonds is 5. The van der Waals surface area contributed by atoms with Crippen molar-refractivity contribution in [2.45, 2.75) is 6.42 Å². The van der Waals surface area contributed by atoms with Gasteiger partial charge in [-0.15, -0.1) is 0 Å². The van der Waals surface area contributed by atoms with E-state index in [1.807, 2.05) is 19.4 Å². The summed E-state index contributed by atoms with van der Waals surface area (Å²) < 4.78 is 1.78. The molecule has 2 aromatic carbocycles. The minimum atomic E-state index is -0.282. The molecule has 7 heteroatoms. The van der Waals surface area contributed by atoms with Crippen molar-refractivity contribution in [3.05, 3.63) is 70.5 Å². The summed E-state index contributed by atoms with van der Waals surface area (Å²) in [7, 11) is 1.90. The Morgan fingerprint density at radius 1 is 1.08 bits per heavy atom. The van der Waals surface area contributed by atoms with Gasteiger partial charge in [-0.25, -0.2) is 4.79 Å². The van der Waals surface area contributed by atoms with E-state index in [9.17, 15) is 4.79 Å². The van der Waals surface area contributed by atoms with E-state index in [2.05, 4.69) is 40.0 Å². The van der Waals surface area contributed by atoms with Gasteiger partial charge in [0.25, 0.3) is 0 Å². The van der Waals surface area contributed by atoms with Crippen LogP contribution in [0.4, 0.5) is 10.5 Å². The van der Waals surface area contributed by atoms with Crippen molar-refractivity contribution in [1.29, 1.82) is 0 Å². The third-order valence-electron chi connectivity index (χ3n) is 3.87. The quantitative estimate of drug-likeness (QED) is 0.661. The molecule has 0 radical (unpaired) electrons. The number of amides is 2. The number of nitrogens with zero attached hydrogens (tertiary/aromatic N) is 2. The molecule has 0 fully saturated rings. The van der Waals surface area contributed by atoms with E-state index in [0.29, 0.717) is 22.3 Å². The number of carbonyl (C=O) groups is 1. The summed E-state index contributed by atoms with van der Waals surface area (Å²) in [4.78, 5) is 11.9. The third-order valence-corrected chi connectivity index (χ3v) is 4.61. The van der Waals surface area contributed by atoms with Gasteiger partial charge in [0, 0.05) is 31.0 Å². The van der Waals surface area contributed by atoms with Gasteiger partial charge in [0.15, 0.2) is 0 Å². The molecular weight excluding hydrogens is 371 g/mol. The van der Waals surface area contributed by atoms with Crippen LogP contribution in [-0.4, -0.2) is 22.4 Å². The number of aryl methyl sites for hydroxylation is 1. The predicted molar refractivity (Wildman–Crippen MR) is 106 cm³/mol. The molecule has 0 bridgehead atoms. The molecule has 0 aliphatic rings. The van der Waals surface area contributed by atoms with Crippen molar-refractivity contribution in [2.75, 3.05) is 11.9 Å². The smallest absolute Gasteiger partial charge is 0.319 e. The Hall–Kier alpha value is -2.50. The third kappa shape index (κ3) is 4.77. The lowest BCUT2D eigenvalue weighted by atomic mass is 10.1. The van der Waals surface area contributed by atoms with Gasteiger partial charge in [-0.3, -0.25) is 4.68 Å². The SMILES string of the molecule is Cn1cc(-c2ccc(CCNC(=O)Nc3ccc(Cl)c(Cl)c3)cc2)cn1. The predicted octanol–water partition coefficient (Wildman–Crippen LogP) is 4.76. The monoisotopic (exact) mass is 388 g/mol. The first-order valence-corrected chi connectivity index (χ1v) is 8.85. The van der Waals surface area contributed by atoms with Gasteiger partial charge in [0.1, 0.15) is 0 Å². The number of hydrogen-bond acceptors (Lipinski definition) is 2. The second-order valence-corrected chi connectivity index (χ2v) is 6.67. The summed E-state index contributed by atoms with van der Waals surface area (Å²) in [5.74, 6) is 0. The van der Waals surface area contributed by atoms with E-state index in [1.165, 1.54) is 0 Å². The number of benzene rings is 2. The fourth-order valence-electron chi connectivity index (χ4n) is 2.50. The van der Waals surface area contributed by atoms with Crippen LogP contribution in [-0.2, 0) is 13.5 Å². The van der Waals surface area contributed by atoms with Crippen LogP contribution >= 0.6 is 23.2 Å². The van der Waals surface area contributed by atoms with E-state index in [4.69, 9.17) is 23.2 Å². The van der Waals surface area contributed by atoms with Crippen molar-refractivity contribution in [3.63, 3.8) is 0 Å². The zero-order chi connectivity index (χ0) is 18.5. The number of hydrogen-bond donors (Lipinski definition) is 2. The highest BCUT2D eigenvalue weighted by atomic mass is 35.5. The Kier molecular flexibility index (Phi) is 5.81. The van der Waals surface area contributed by atoms with Crippen LogP contribution in [0.15, 0.2) is 54.9 Å². The van der Waals surface area contributed by atoms with Gasteiger partial charge in [0.05, 0.1) is 16.2 Å². The summed E-state index contributed by atoms with van der Waals surface area (Å²) in [5, 5.41) is 10.6. The van der Waals surface area contributed by atoms with E-state index >= 15 is 0 Å². The molecule has 0 unspecified atom stereocenters. The van der Waals surface area contributed by atoms with Gasteiger partial charge in [0.2, 0.25) is 0 Å². The van der Waals surface area contributed by atoms with Crippen molar-refractivity contribution in [3.8, 4) is 11.1 Å². The number of urea groups is 1. The average molecular weight is 389 g/mol. The lowest BCUT2D eigenvalue weighted by molar-refractivity contribution is 0.252. The standard InChI is InChI=1S/C19H18Cl2N4O/c1-25-12-15(11-23-25)14-4-2-13(3-5-14)8-9-22-19(26)24-16-6-7-17(20)18(21)10-16/h2-7,10-12H,8-9H2,1H3,(H2,22,24,26). The maximum atomic E-state index is 11.9. The fourth-order valence-corrected chi connectivity index (χ4v) is 2.80. The molecule has 134 valence electrons. The van der Waals surface area contributed by atoms with Crippen LogP contribution in [0.5, 0.6) is 0 Å². The molecule has 0 aliphatic carbocycles. The van der Waals surface area contributed by atoms with Crippen LogP contribution in [0.3, 0.4) is 0 Å². The van der Waals surface area contributed by atoms with Crippen LogP contribution < -0.4 is 10.6 Å². The molecule has 0 aliphatic heterocycles. The van der Waals surface area contributed by atoms with Crippen molar-refractivity contribution in [2.24, 2.45) is 7.05 Å². The zero-order valence-electron chi connectivity index (χ0n) is 14.2. The molecule has 3 rings (SSSR count). The first-order chi connectivity index (χ1) is 12.5. The molecule has 1 aromatic heterocycles. The fraction of sp³-hybridized carbons (Fsp3) is 0.158. The molecule has 1 heterocycles. The van der Waals surface area contributed by atoms with Gasteiger partial charge in [-0.1, -0.05) is 47.5 Å². The molecular formula is C19H18Cl2N4O. The first kappa shape index (κ1) is 18.3. The van der Waals surface area contributed by atoms with Gasteiger partial charge in [-0.05, 0) is 35.7 Å². The molecule has 0 atom stereocenters. The zero-order valence-corrected chi connectivity index (χ0v) is 15.7. The molecule has 3 aromatic rings.